The first-order chi connectivity index (χ1) is 9.74. The van der Waals surface area contributed by atoms with E-state index in [4.69, 9.17) is 0 Å². The van der Waals surface area contributed by atoms with Crippen LogP contribution in [0.4, 0.5) is 0 Å². The van der Waals surface area contributed by atoms with Crippen LogP contribution >= 0.6 is 0 Å². The van der Waals surface area contributed by atoms with E-state index >= 15 is 0 Å². The van der Waals surface area contributed by atoms with Gasteiger partial charge in [0.25, 0.3) is 0 Å². The van der Waals surface area contributed by atoms with Crippen LogP contribution in [-0.2, 0) is 4.79 Å². The average molecular weight is 270 g/mol. The van der Waals surface area contributed by atoms with Crippen LogP contribution in [0, 0.1) is 0 Å². The number of hydrogen-bond donors (Lipinski definition) is 0. The Morgan fingerprint density at radius 1 is 1.20 bits per heavy atom. The molecular weight excluding hydrogens is 248 g/mol. The van der Waals surface area contributed by atoms with Crippen molar-refractivity contribution in [3.05, 3.63) is 42.0 Å². The van der Waals surface area contributed by atoms with E-state index in [9.17, 15) is 4.79 Å². The molecule has 1 amide bonds. The van der Waals surface area contributed by atoms with E-state index in [1.54, 1.807) is 6.92 Å². The molecule has 0 saturated carbocycles. The molecule has 2 fully saturated rings. The first-order valence-corrected chi connectivity index (χ1v) is 7.47. The molecule has 1 aromatic rings. The number of fused-ring (bicyclic) bond motifs is 2. The fraction of sp³-hybridized carbons (Fsp3) is 0.471. The van der Waals surface area contributed by atoms with Gasteiger partial charge in [0, 0.05) is 38.6 Å². The molecule has 20 heavy (non-hydrogen) atoms. The molecule has 1 aromatic carbocycles. The molecule has 2 bridgehead atoms. The van der Waals surface area contributed by atoms with Gasteiger partial charge in [-0.15, -0.1) is 0 Å². The summed E-state index contributed by atoms with van der Waals surface area (Å²) in [6, 6.07) is 11.3. The number of piperazine rings is 1. The van der Waals surface area contributed by atoms with Gasteiger partial charge in [0.15, 0.2) is 0 Å². The summed E-state index contributed by atoms with van der Waals surface area (Å²) in [5, 5.41) is 0. The molecule has 2 unspecified atom stereocenters. The number of carbonyl (C=O) groups is 1. The SMILES string of the molecule is CC(=O)N1C2CCC1CN(C/C=C\c1ccccc1)C2. The zero-order valence-corrected chi connectivity index (χ0v) is 12.0. The van der Waals surface area contributed by atoms with Gasteiger partial charge in [-0.3, -0.25) is 9.69 Å². The van der Waals surface area contributed by atoms with Crippen molar-refractivity contribution in [2.75, 3.05) is 19.6 Å². The molecule has 2 aliphatic rings. The monoisotopic (exact) mass is 270 g/mol. The predicted octanol–water partition coefficient (Wildman–Crippen LogP) is 2.39. The number of benzene rings is 1. The fourth-order valence-corrected chi connectivity index (χ4v) is 3.56. The smallest absolute Gasteiger partial charge is 0.220 e. The van der Waals surface area contributed by atoms with Gasteiger partial charge in [-0.2, -0.15) is 0 Å². The van der Waals surface area contributed by atoms with Crippen molar-refractivity contribution in [3.8, 4) is 0 Å². The Kier molecular flexibility index (Phi) is 3.88. The molecule has 2 aliphatic heterocycles. The Bertz CT molecular complexity index is 483. The van der Waals surface area contributed by atoms with Gasteiger partial charge < -0.3 is 4.90 Å². The van der Waals surface area contributed by atoms with Gasteiger partial charge in [-0.1, -0.05) is 42.5 Å². The molecule has 3 nitrogen and oxygen atoms in total. The van der Waals surface area contributed by atoms with Crippen molar-refractivity contribution in [3.63, 3.8) is 0 Å². The highest BCUT2D eigenvalue weighted by Gasteiger charge is 2.40. The molecule has 106 valence electrons. The first-order valence-electron chi connectivity index (χ1n) is 7.47. The van der Waals surface area contributed by atoms with Crippen LogP contribution < -0.4 is 0 Å². The minimum Gasteiger partial charge on any atom is -0.334 e. The van der Waals surface area contributed by atoms with E-state index in [1.807, 2.05) is 6.07 Å². The molecule has 3 rings (SSSR count). The normalized spacial score (nSPS) is 26.4. The Labute approximate surface area is 120 Å². The van der Waals surface area contributed by atoms with Gasteiger partial charge >= 0.3 is 0 Å². The number of amides is 1. The Hall–Kier alpha value is -1.61. The van der Waals surface area contributed by atoms with E-state index in [1.165, 1.54) is 18.4 Å². The average Bonchev–Trinajstić information content (AvgIpc) is 2.72. The number of likely N-dealkylation sites (tertiary alicyclic amines) is 1. The Morgan fingerprint density at radius 2 is 1.85 bits per heavy atom. The van der Waals surface area contributed by atoms with E-state index in [0.29, 0.717) is 12.1 Å². The van der Waals surface area contributed by atoms with E-state index in [2.05, 4.69) is 46.2 Å². The van der Waals surface area contributed by atoms with Crippen LogP contribution in [0.25, 0.3) is 6.08 Å². The zero-order chi connectivity index (χ0) is 13.9. The van der Waals surface area contributed by atoms with Crippen LogP contribution in [0.3, 0.4) is 0 Å². The third-order valence-electron chi connectivity index (χ3n) is 4.39. The molecule has 3 heteroatoms. The van der Waals surface area contributed by atoms with Crippen LogP contribution in [0.5, 0.6) is 0 Å². The summed E-state index contributed by atoms with van der Waals surface area (Å²) in [7, 11) is 0. The molecular formula is C17H22N2O. The molecule has 0 aliphatic carbocycles. The molecule has 0 aromatic heterocycles. The Morgan fingerprint density at radius 3 is 2.45 bits per heavy atom. The first kappa shape index (κ1) is 13.4. The van der Waals surface area contributed by atoms with Crippen LogP contribution in [-0.4, -0.2) is 47.4 Å². The third kappa shape index (κ3) is 2.78. The van der Waals surface area contributed by atoms with Crippen molar-refractivity contribution in [2.45, 2.75) is 31.8 Å². The predicted molar refractivity (Wildman–Crippen MR) is 81.2 cm³/mol. The molecule has 2 saturated heterocycles. The molecule has 2 heterocycles. The van der Waals surface area contributed by atoms with Crippen molar-refractivity contribution in [1.82, 2.24) is 9.80 Å². The molecule has 0 radical (unpaired) electrons. The molecule has 0 spiro atoms. The lowest BCUT2D eigenvalue weighted by atomic mass is 10.1. The van der Waals surface area contributed by atoms with Crippen molar-refractivity contribution >= 4 is 12.0 Å². The Balaban J connectivity index is 1.56. The van der Waals surface area contributed by atoms with Gasteiger partial charge in [0.05, 0.1) is 0 Å². The summed E-state index contributed by atoms with van der Waals surface area (Å²) in [5.41, 5.74) is 1.25. The van der Waals surface area contributed by atoms with Gasteiger partial charge in [0.2, 0.25) is 5.91 Å². The maximum absolute atomic E-state index is 11.7. The lowest BCUT2D eigenvalue weighted by molar-refractivity contribution is -0.134. The number of hydrogen-bond acceptors (Lipinski definition) is 2. The summed E-state index contributed by atoms with van der Waals surface area (Å²) < 4.78 is 0. The second kappa shape index (κ2) is 5.80. The maximum Gasteiger partial charge on any atom is 0.220 e. The number of rotatable bonds is 3. The highest BCUT2D eigenvalue weighted by Crippen LogP contribution is 2.29. The van der Waals surface area contributed by atoms with Crippen molar-refractivity contribution in [1.29, 1.82) is 0 Å². The second-order valence-corrected chi connectivity index (χ2v) is 5.84. The van der Waals surface area contributed by atoms with E-state index in [-0.39, 0.29) is 5.91 Å². The second-order valence-electron chi connectivity index (χ2n) is 5.84. The van der Waals surface area contributed by atoms with Crippen molar-refractivity contribution < 1.29 is 4.79 Å². The van der Waals surface area contributed by atoms with Gasteiger partial charge in [-0.05, 0) is 18.4 Å². The lowest BCUT2D eigenvalue weighted by Crippen LogP contribution is -2.55. The largest absolute Gasteiger partial charge is 0.334 e. The highest BCUT2D eigenvalue weighted by molar-refractivity contribution is 5.74. The fourth-order valence-electron chi connectivity index (χ4n) is 3.56. The minimum atomic E-state index is 0.247. The molecule has 2 atom stereocenters. The summed E-state index contributed by atoms with van der Waals surface area (Å²) in [5.74, 6) is 0.247. The van der Waals surface area contributed by atoms with E-state index < -0.39 is 0 Å². The van der Waals surface area contributed by atoms with Gasteiger partial charge in [0.1, 0.15) is 0 Å². The summed E-state index contributed by atoms with van der Waals surface area (Å²) in [4.78, 5) is 16.2. The van der Waals surface area contributed by atoms with Crippen LogP contribution in [0.1, 0.15) is 25.3 Å². The lowest BCUT2D eigenvalue weighted by Gasteiger charge is -2.40. The highest BCUT2D eigenvalue weighted by atomic mass is 16.2. The minimum absolute atomic E-state index is 0.247. The van der Waals surface area contributed by atoms with Crippen LogP contribution in [0.2, 0.25) is 0 Å². The number of nitrogens with zero attached hydrogens (tertiary/aromatic N) is 2. The van der Waals surface area contributed by atoms with Crippen molar-refractivity contribution in [2.24, 2.45) is 0 Å². The topological polar surface area (TPSA) is 23.6 Å². The van der Waals surface area contributed by atoms with Gasteiger partial charge in [-0.25, -0.2) is 0 Å². The quantitative estimate of drug-likeness (QED) is 0.842. The van der Waals surface area contributed by atoms with E-state index in [0.717, 1.165) is 19.6 Å². The zero-order valence-electron chi connectivity index (χ0n) is 12.0. The summed E-state index contributed by atoms with van der Waals surface area (Å²) in [6.45, 7) is 4.73. The summed E-state index contributed by atoms with van der Waals surface area (Å²) in [6.07, 6.45) is 6.75. The maximum atomic E-state index is 11.7. The summed E-state index contributed by atoms with van der Waals surface area (Å²) >= 11 is 0. The number of carbonyl (C=O) groups excluding carboxylic acids is 1. The standard InChI is InChI=1S/C17H22N2O/c1-14(20)19-16-9-10-17(19)13-18(12-16)11-5-8-15-6-3-2-4-7-15/h2-8,16-17H,9-13H2,1H3/b8-5-. The third-order valence-corrected chi connectivity index (χ3v) is 4.39. The van der Waals surface area contributed by atoms with Crippen LogP contribution in [0.15, 0.2) is 36.4 Å². The molecule has 0 N–H and O–H groups in total.